The van der Waals surface area contributed by atoms with Crippen LogP contribution in [0.5, 0.6) is 0 Å². The number of carbonyl (C=O) groups is 1. The molecule has 1 aromatic heterocycles. The van der Waals surface area contributed by atoms with E-state index in [1.54, 1.807) is 24.1 Å². The monoisotopic (exact) mass is 357 g/mol. The first kappa shape index (κ1) is 17.3. The fourth-order valence-electron chi connectivity index (χ4n) is 2.49. The number of carbonyl (C=O) groups excluding carboxylic acids is 1. The molecule has 0 saturated heterocycles. The summed E-state index contributed by atoms with van der Waals surface area (Å²) in [5.74, 6) is -1.84. The van der Waals surface area contributed by atoms with Gasteiger partial charge in [0, 0.05) is 18.5 Å². The van der Waals surface area contributed by atoms with Gasteiger partial charge in [0.25, 0.3) is 5.91 Å². The number of nitrogens with zero attached hydrogens (tertiary/aromatic N) is 1. The smallest absolute Gasteiger partial charge is 0.263 e. The molecule has 0 N–H and O–H groups in total. The quantitative estimate of drug-likeness (QED) is 0.629. The standard InChI is InChI=1S/C20H17F2NOS/c1-23(12-11-14-5-3-2-4-6-14)20(24)19-10-9-18(25-19)15-7-8-16(21)17(22)13-15/h2-10,13H,11-12H2,1H3. The Balaban J connectivity index is 1.68. The molecule has 0 aliphatic carbocycles. The lowest BCUT2D eigenvalue weighted by molar-refractivity contribution is 0.0801. The van der Waals surface area contributed by atoms with Crippen LogP contribution in [0.3, 0.4) is 0 Å². The van der Waals surface area contributed by atoms with Crippen molar-refractivity contribution in [1.29, 1.82) is 0 Å². The molecule has 0 aliphatic heterocycles. The van der Waals surface area contributed by atoms with E-state index in [4.69, 9.17) is 0 Å². The zero-order valence-corrected chi connectivity index (χ0v) is 14.5. The van der Waals surface area contributed by atoms with Crippen LogP contribution in [0.15, 0.2) is 60.7 Å². The topological polar surface area (TPSA) is 20.3 Å². The maximum absolute atomic E-state index is 13.4. The lowest BCUT2D eigenvalue weighted by Crippen LogP contribution is -2.28. The largest absolute Gasteiger partial charge is 0.341 e. The molecule has 128 valence electrons. The molecule has 0 bridgehead atoms. The van der Waals surface area contributed by atoms with Crippen LogP contribution < -0.4 is 0 Å². The first-order chi connectivity index (χ1) is 12.0. The van der Waals surface area contributed by atoms with Crippen LogP contribution >= 0.6 is 11.3 Å². The summed E-state index contributed by atoms with van der Waals surface area (Å²) in [7, 11) is 1.77. The number of likely N-dealkylation sites (N-methyl/N-ethyl adjacent to an activating group) is 1. The normalized spacial score (nSPS) is 10.7. The van der Waals surface area contributed by atoms with Crippen LogP contribution in [0, 0.1) is 11.6 Å². The molecular weight excluding hydrogens is 340 g/mol. The minimum Gasteiger partial charge on any atom is -0.341 e. The minimum atomic E-state index is -0.890. The van der Waals surface area contributed by atoms with Crippen LogP contribution in [0.4, 0.5) is 8.78 Å². The number of benzene rings is 2. The Morgan fingerprint density at radius 1 is 1.00 bits per heavy atom. The van der Waals surface area contributed by atoms with Crippen LogP contribution in [-0.4, -0.2) is 24.4 Å². The molecule has 1 heterocycles. The number of halogens is 2. The molecule has 0 fully saturated rings. The Morgan fingerprint density at radius 3 is 2.48 bits per heavy atom. The number of hydrogen-bond donors (Lipinski definition) is 0. The second-order valence-corrected chi connectivity index (χ2v) is 6.84. The first-order valence-electron chi connectivity index (χ1n) is 7.89. The fourth-order valence-corrected chi connectivity index (χ4v) is 3.49. The number of rotatable bonds is 5. The molecule has 2 nitrogen and oxygen atoms in total. The van der Waals surface area contributed by atoms with E-state index >= 15 is 0 Å². The van der Waals surface area contributed by atoms with Gasteiger partial charge in [-0.05, 0) is 41.8 Å². The van der Waals surface area contributed by atoms with E-state index < -0.39 is 11.6 Å². The van der Waals surface area contributed by atoms with Crippen LogP contribution in [0.25, 0.3) is 10.4 Å². The van der Waals surface area contributed by atoms with Crippen molar-refractivity contribution in [1.82, 2.24) is 4.90 Å². The van der Waals surface area contributed by atoms with Crippen molar-refractivity contribution in [3.63, 3.8) is 0 Å². The maximum Gasteiger partial charge on any atom is 0.263 e. The Labute approximate surface area is 149 Å². The van der Waals surface area contributed by atoms with Gasteiger partial charge in [0.2, 0.25) is 0 Å². The average Bonchev–Trinajstić information content (AvgIpc) is 3.12. The van der Waals surface area contributed by atoms with Crippen molar-refractivity contribution < 1.29 is 13.6 Å². The van der Waals surface area contributed by atoms with Crippen molar-refractivity contribution in [3.8, 4) is 10.4 Å². The second kappa shape index (κ2) is 7.57. The first-order valence-corrected chi connectivity index (χ1v) is 8.71. The molecule has 3 aromatic rings. The molecule has 0 aliphatic rings. The maximum atomic E-state index is 13.4. The van der Waals surface area contributed by atoms with Crippen molar-refractivity contribution in [2.45, 2.75) is 6.42 Å². The Kier molecular flexibility index (Phi) is 5.24. The predicted octanol–water partition coefficient (Wildman–Crippen LogP) is 5.01. The van der Waals surface area contributed by atoms with E-state index in [2.05, 4.69) is 0 Å². The fraction of sp³-hybridized carbons (Fsp3) is 0.150. The molecular formula is C20H17F2NOS. The Bertz CT molecular complexity index is 876. The van der Waals surface area contributed by atoms with Gasteiger partial charge in [-0.3, -0.25) is 4.79 Å². The average molecular weight is 357 g/mol. The zero-order chi connectivity index (χ0) is 17.8. The lowest BCUT2D eigenvalue weighted by Gasteiger charge is -2.16. The summed E-state index contributed by atoms with van der Waals surface area (Å²) in [4.78, 5) is 15.5. The highest BCUT2D eigenvalue weighted by molar-refractivity contribution is 7.17. The molecule has 2 aromatic carbocycles. The molecule has 0 saturated carbocycles. The molecule has 0 atom stereocenters. The Morgan fingerprint density at radius 2 is 1.76 bits per heavy atom. The third-order valence-electron chi connectivity index (χ3n) is 3.95. The molecule has 5 heteroatoms. The van der Waals surface area contributed by atoms with E-state index in [0.29, 0.717) is 17.0 Å². The Hall–Kier alpha value is -2.53. The van der Waals surface area contributed by atoms with Gasteiger partial charge in [0.1, 0.15) is 0 Å². The summed E-state index contributed by atoms with van der Waals surface area (Å²) < 4.78 is 26.4. The van der Waals surface area contributed by atoms with Gasteiger partial charge in [-0.1, -0.05) is 36.4 Å². The molecule has 0 unspecified atom stereocenters. The van der Waals surface area contributed by atoms with Gasteiger partial charge in [-0.25, -0.2) is 8.78 Å². The highest BCUT2D eigenvalue weighted by Crippen LogP contribution is 2.29. The van der Waals surface area contributed by atoms with Crippen molar-refractivity contribution in [3.05, 3.63) is 82.7 Å². The summed E-state index contributed by atoms with van der Waals surface area (Å²) in [5.41, 5.74) is 1.74. The molecule has 25 heavy (non-hydrogen) atoms. The number of amides is 1. The highest BCUT2D eigenvalue weighted by Gasteiger charge is 2.15. The van der Waals surface area contributed by atoms with Gasteiger partial charge in [-0.15, -0.1) is 11.3 Å². The highest BCUT2D eigenvalue weighted by atomic mass is 32.1. The van der Waals surface area contributed by atoms with Gasteiger partial charge >= 0.3 is 0 Å². The van der Waals surface area contributed by atoms with E-state index in [-0.39, 0.29) is 5.91 Å². The van der Waals surface area contributed by atoms with Gasteiger partial charge < -0.3 is 4.90 Å². The summed E-state index contributed by atoms with van der Waals surface area (Å²) in [6.07, 6.45) is 0.782. The molecule has 0 radical (unpaired) electrons. The zero-order valence-electron chi connectivity index (χ0n) is 13.7. The molecule has 1 amide bonds. The number of thiophene rings is 1. The van der Waals surface area contributed by atoms with E-state index in [1.165, 1.54) is 23.0 Å². The van der Waals surface area contributed by atoms with Crippen LogP contribution in [0.1, 0.15) is 15.2 Å². The second-order valence-electron chi connectivity index (χ2n) is 5.76. The van der Waals surface area contributed by atoms with E-state index in [9.17, 15) is 13.6 Å². The summed E-state index contributed by atoms with van der Waals surface area (Å²) in [5, 5.41) is 0. The summed E-state index contributed by atoms with van der Waals surface area (Å²) >= 11 is 1.28. The van der Waals surface area contributed by atoms with Crippen molar-refractivity contribution >= 4 is 17.2 Å². The van der Waals surface area contributed by atoms with E-state index in [0.717, 1.165) is 23.4 Å². The van der Waals surface area contributed by atoms with Gasteiger partial charge in [0.15, 0.2) is 11.6 Å². The molecule has 0 spiro atoms. The minimum absolute atomic E-state index is 0.0743. The third-order valence-corrected chi connectivity index (χ3v) is 5.07. The summed E-state index contributed by atoms with van der Waals surface area (Å²) in [6, 6.07) is 17.2. The van der Waals surface area contributed by atoms with Crippen molar-refractivity contribution in [2.75, 3.05) is 13.6 Å². The SMILES string of the molecule is CN(CCc1ccccc1)C(=O)c1ccc(-c2ccc(F)c(F)c2)s1. The van der Waals surface area contributed by atoms with E-state index in [1.807, 2.05) is 30.3 Å². The third kappa shape index (κ3) is 4.12. The predicted molar refractivity (Wildman–Crippen MR) is 96.8 cm³/mol. The van der Waals surface area contributed by atoms with Crippen LogP contribution in [-0.2, 0) is 6.42 Å². The van der Waals surface area contributed by atoms with Gasteiger partial charge in [-0.2, -0.15) is 0 Å². The van der Waals surface area contributed by atoms with Crippen molar-refractivity contribution in [2.24, 2.45) is 0 Å². The summed E-state index contributed by atoms with van der Waals surface area (Å²) in [6.45, 7) is 0.612. The van der Waals surface area contributed by atoms with Crippen LogP contribution in [0.2, 0.25) is 0 Å². The number of hydrogen-bond acceptors (Lipinski definition) is 2. The molecule has 3 rings (SSSR count). The lowest BCUT2D eigenvalue weighted by atomic mass is 10.1. The van der Waals surface area contributed by atoms with Gasteiger partial charge in [0.05, 0.1) is 4.88 Å².